The van der Waals surface area contributed by atoms with Gasteiger partial charge in [-0.05, 0) is 25.1 Å². The van der Waals surface area contributed by atoms with Crippen molar-refractivity contribution in [2.75, 3.05) is 25.1 Å². The molecule has 1 aliphatic rings. The highest BCUT2D eigenvalue weighted by atomic mass is 35.5. The first-order chi connectivity index (χ1) is 13.0. The number of nitrogens with zero attached hydrogens (tertiary/aromatic N) is 1. The van der Waals surface area contributed by atoms with Crippen LogP contribution in [0.4, 0.5) is 18.9 Å². The summed E-state index contributed by atoms with van der Waals surface area (Å²) in [5.41, 5.74) is 0.381. The minimum absolute atomic E-state index is 0.0364. The molecule has 0 unspecified atom stereocenters. The van der Waals surface area contributed by atoms with E-state index in [9.17, 15) is 27.6 Å². The molecule has 1 fully saturated rings. The third-order valence-electron chi connectivity index (χ3n) is 4.02. The second kappa shape index (κ2) is 8.68. The fourth-order valence-corrected chi connectivity index (χ4v) is 2.79. The molecule has 2 amide bonds. The summed E-state index contributed by atoms with van der Waals surface area (Å²) in [6, 6.07) is 4.67. The zero-order chi connectivity index (χ0) is 21.1. The van der Waals surface area contributed by atoms with Crippen LogP contribution in [0.1, 0.15) is 13.3 Å². The zero-order valence-corrected chi connectivity index (χ0v) is 15.8. The van der Waals surface area contributed by atoms with E-state index < -0.39 is 36.6 Å². The molecule has 2 atom stereocenters. The Morgan fingerprint density at radius 1 is 1.39 bits per heavy atom. The highest BCUT2D eigenvalue weighted by molar-refractivity contribution is 6.31. The molecule has 1 aromatic carbocycles. The van der Waals surface area contributed by atoms with Gasteiger partial charge in [0.1, 0.15) is 12.3 Å². The molecule has 1 heterocycles. The average molecular weight is 423 g/mol. The predicted octanol–water partition coefficient (Wildman–Crippen LogP) is 2.31. The van der Waals surface area contributed by atoms with E-state index in [1.54, 1.807) is 17.4 Å². The number of ether oxygens (including phenoxy) is 2. The molecule has 28 heavy (non-hydrogen) atoms. The molecule has 7 nitrogen and oxygen atoms in total. The van der Waals surface area contributed by atoms with E-state index in [0.29, 0.717) is 16.5 Å². The number of carbonyl (C=O) groups is 3. The molecule has 0 bridgehead atoms. The van der Waals surface area contributed by atoms with Gasteiger partial charge in [-0.25, -0.2) is 0 Å². The van der Waals surface area contributed by atoms with Gasteiger partial charge in [-0.15, -0.1) is 0 Å². The van der Waals surface area contributed by atoms with Crippen LogP contribution in [-0.4, -0.2) is 50.3 Å². The number of hydrogen-bond donors (Lipinski definition) is 1. The first kappa shape index (κ1) is 21.8. The van der Waals surface area contributed by atoms with Gasteiger partial charge >= 0.3 is 12.1 Å². The Balaban J connectivity index is 2.00. The summed E-state index contributed by atoms with van der Waals surface area (Å²) < 4.78 is 46.5. The monoisotopic (exact) mass is 422 g/mol. The maximum absolute atomic E-state index is 12.3. The second-order valence-corrected chi connectivity index (χ2v) is 6.57. The number of hydrogen-bond acceptors (Lipinski definition) is 5. The molecule has 0 aromatic heterocycles. The lowest BCUT2D eigenvalue weighted by molar-refractivity contribution is -0.160. The number of carbonyl (C=O) groups excluding carboxylic acids is 3. The van der Waals surface area contributed by atoms with Crippen molar-refractivity contribution in [1.29, 1.82) is 0 Å². The number of alkyl halides is 3. The lowest BCUT2D eigenvalue weighted by atomic mass is 10.1. The molecule has 1 saturated heterocycles. The topological polar surface area (TPSA) is 84.9 Å². The molecule has 0 saturated carbocycles. The largest absolute Gasteiger partial charge is 0.495 e. The molecular formula is C17H18ClF3N2O5. The van der Waals surface area contributed by atoms with Gasteiger partial charge in [-0.3, -0.25) is 14.4 Å². The van der Waals surface area contributed by atoms with Gasteiger partial charge in [0.15, 0.2) is 6.10 Å². The Bertz CT molecular complexity index is 772. The van der Waals surface area contributed by atoms with Crippen LogP contribution < -0.4 is 15.0 Å². The molecule has 1 N–H and O–H groups in total. The van der Waals surface area contributed by atoms with Crippen molar-refractivity contribution < 1.29 is 37.0 Å². The van der Waals surface area contributed by atoms with Gasteiger partial charge < -0.3 is 19.7 Å². The van der Waals surface area contributed by atoms with E-state index in [-0.39, 0.29) is 18.9 Å². The van der Waals surface area contributed by atoms with Crippen LogP contribution in [0.2, 0.25) is 5.02 Å². The normalized spacial score (nSPS) is 18.0. The van der Waals surface area contributed by atoms with Crippen molar-refractivity contribution in [1.82, 2.24) is 5.32 Å². The Morgan fingerprint density at radius 3 is 2.68 bits per heavy atom. The maximum Gasteiger partial charge on any atom is 0.405 e. The number of amides is 2. The highest BCUT2D eigenvalue weighted by Gasteiger charge is 2.38. The Kier molecular flexibility index (Phi) is 6.76. The van der Waals surface area contributed by atoms with Crippen molar-refractivity contribution in [2.24, 2.45) is 5.92 Å². The van der Waals surface area contributed by atoms with E-state index in [4.69, 9.17) is 21.1 Å². The van der Waals surface area contributed by atoms with E-state index in [1.807, 2.05) is 0 Å². The lowest BCUT2D eigenvalue weighted by Crippen LogP contribution is -2.41. The van der Waals surface area contributed by atoms with Gasteiger partial charge in [0.2, 0.25) is 5.91 Å². The van der Waals surface area contributed by atoms with Crippen LogP contribution in [0.15, 0.2) is 18.2 Å². The summed E-state index contributed by atoms with van der Waals surface area (Å²) in [7, 11) is 1.42. The quantitative estimate of drug-likeness (QED) is 0.711. The van der Waals surface area contributed by atoms with Gasteiger partial charge in [0.05, 0.1) is 18.7 Å². The fraction of sp³-hybridized carbons (Fsp3) is 0.471. The molecule has 154 valence electrons. The Morgan fingerprint density at radius 2 is 2.07 bits per heavy atom. The molecular weight excluding hydrogens is 405 g/mol. The summed E-state index contributed by atoms with van der Waals surface area (Å²) >= 11 is 5.95. The standard InChI is InChI=1S/C17H18ClF3N2O5/c1-9(15(25)22-8-17(19,20)21)28-16(26)10-5-14(24)23(7-10)12-6-11(18)3-4-13(12)27-2/h3-4,6,9-10H,5,7-8H2,1-2H3,(H,22,25)/t9-,10+/m0/s1. The first-order valence-corrected chi connectivity index (χ1v) is 8.58. The lowest BCUT2D eigenvalue weighted by Gasteiger charge is -2.20. The summed E-state index contributed by atoms with van der Waals surface area (Å²) in [6.07, 6.45) is -6.18. The SMILES string of the molecule is COc1ccc(Cl)cc1N1C[C@H](C(=O)O[C@@H](C)C(=O)NCC(F)(F)F)CC1=O. The van der Waals surface area contributed by atoms with Gasteiger partial charge in [-0.2, -0.15) is 13.2 Å². The number of esters is 1. The van der Waals surface area contributed by atoms with Gasteiger partial charge in [-0.1, -0.05) is 11.6 Å². The fourth-order valence-electron chi connectivity index (χ4n) is 2.63. The number of methoxy groups -OCH3 is 1. The summed E-state index contributed by atoms with van der Waals surface area (Å²) in [5.74, 6) is -2.81. The number of rotatable bonds is 6. The number of halogens is 4. The van der Waals surface area contributed by atoms with Crippen molar-refractivity contribution in [2.45, 2.75) is 25.6 Å². The molecule has 11 heteroatoms. The van der Waals surface area contributed by atoms with Crippen LogP contribution in [-0.2, 0) is 19.1 Å². The number of anilines is 1. The third-order valence-corrected chi connectivity index (χ3v) is 4.25. The molecule has 0 aliphatic carbocycles. The van der Waals surface area contributed by atoms with Crippen LogP contribution in [0.5, 0.6) is 5.75 Å². The average Bonchev–Trinajstić information content (AvgIpc) is 3.00. The Labute approximate surface area is 163 Å². The Hall–Kier alpha value is -2.49. The second-order valence-electron chi connectivity index (χ2n) is 6.13. The highest BCUT2D eigenvalue weighted by Crippen LogP contribution is 2.35. The summed E-state index contributed by atoms with van der Waals surface area (Å²) in [4.78, 5) is 37.5. The third kappa shape index (κ3) is 5.51. The van der Waals surface area contributed by atoms with Crippen LogP contribution >= 0.6 is 11.6 Å². The smallest absolute Gasteiger partial charge is 0.405 e. The van der Waals surface area contributed by atoms with Crippen LogP contribution in [0.3, 0.4) is 0 Å². The molecule has 0 radical (unpaired) electrons. The molecule has 1 aromatic rings. The van der Waals surface area contributed by atoms with Crippen LogP contribution in [0, 0.1) is 5.92 Å². The van der Waals surface area contributed by atoms with Crippen molar-refractivity contribution in [3.63, 3.8) is 0 Å². The van der Waals surface area contributed by atoms with Crippen molar-refractivity contribution in [3.8, 4) is 5.75 Å². The van der Waals surface area contributed by atoms with Crippen LogP contribution in [0.25, 0.3) is 0 Å². The predicted molar refractivity (Wildman–Crippen MR) is 93.1 cm³/mol. The van der Waals surface area contributed by atoms with E-state index in [2.05, 4.69) is 0 Å². The van der Waals surface area contributed by atoms with E-state index in [1.165, 1.54) is 18.1 Å². The molecule has 1 aliphatic heterocycles. The van der Waals surface area contributed by atoms with Crippen molar-refractivity contribution in [3.05, 3.63) is 23.2 Å². The minimum atomic E-state index is -4.58. The molecule has 0 spiro atoms. The van der Waals surface area contributed by atoms with Crippen molar-refractivity contribution >= 4 is 35.1 Å². The number of nitrogens with one attached hydrogen (secondary N) is 1. The summed E-state index contributed by atoms with van der Waals surface area (Å²) in [5, 5.41) is 2.00. The van der Waals surface area contributed by atoms with E-state index in [0.717, 1.165) is 6.92 Å². The van der Waals surface area contributed by atoms with Gasteiger partial charge in [0.25, 0.3) is 5.91 Å². The molecule has 2 rings (SSSR count). The van der Waals surface area contributed by atoms with E-state index >= 15 is 0 Å². The maximum atomic E-state index is 12.3. The summed E-state index contributed by atoms with van der Waals surface area (Å²) in [6.45, 7) is -0.415. The minimum Gasteiger partial charge on any atom is -0.495 e. The number of benzene rings is 1. The van der Waals surface area contributed by atoms with Gasteiger partial charge in [0, 0.05) is 18.0 Å². The zero-order valence-electron chi connectivity index (χ0n) is 15.0. The first-order valence-electron chi connectivity index (χ1n) is 8.20.